The van der Waals surface area contributed by atoms with Crippen molar-refractivity contribution in [2.45, 2.75) is 6.54 Å². The van der Waals surface area contributed by atoms with E-state index in [-0.39, 0.29) is 17.8 Å². The summed E-state index contributed by atoms with van der Waals surface area (Å²) in [5, 5.41) is 18.7. The van der Waals surface area contributed by atoms with E-state index in [1.807, 2.05) is 0 Å². The third kappa shape index (κ3) is 1.98. The minimum Gasteiger partial charge on any atom is -0.316 e. The molecule has 0 aliphatic carbocycles. The van der Waals surface area contributed by atoms with Crippen LogP contribution in [0.4, 0.5) is 10.1 Å². The van der Waals surface area contributed by atoms with E-state index in [2.05, 4.69) is 0 Å². The lowest BCUT2D eigenvalue weighted by Crippen LogP contribution is -2.10. The fourth-order valence-electron chi connectivity index (χ4n) is 0.972. The van der Waals surface area contributed by atoms with Crippen LogP contribution < -0.4 is 5.48 Å². The van der Waals surface area contributed by atoms with Gasteiger partial charge in [0.2, 0.25) is 0 Å². The van der Waals surface area contributed by atoms with Gasteiger partial charge in [-0.15, -0.1) is 0 Å². The van der Waals surface area contributed by atoms with Crippen molar-refractivity contribution >= 4 is 5.69 Å². The number of rotatable bonds is 3. The summed E-state index contributed by atoms with van der Waals surface area (Å²) in [5.74, 6) is -0.712. The predicted molar refractivity (Wildman–Crippen MR) is 41.7 cm³/mol. The molecule has 1 rings (SSSR count). The van der Waals surface area contributed by atoms with Crippen molar-refractivity contribution in [1.82, 2.24) is 5.48 Å². The molecule has 70 valence electrons. The maximum absolute atomic E-state index is 12.9. The number of halogens is 1. The van der Waals surface area contributed by atoms with Crippen LogP contribution in [0.15, 0.2) is 18.2 Å². The molecule has 2 N–H and O–H groups in total. The normalized spacial score (nSPS) is 10.0. The molecule has 0 atom stereocenters. The van der Waals surface area contributed by atoms with Crippen LogP contribution in [0.1, 0.15) is 5.56 Å². The van der Waals surface area contributed by atoms with Gasteiger partial charge in [0.15, 0.2) is 0 Å². The smallest absolute Gasteiger partial charge is 0.276 e. The lowest BCUT2D eigenvalue weighted by Gasteiger charge is -2.01. The highest BCUT2D eigenvalue weighted by Gasteiger charge is 2.16. The Morgan fingerprint density at radius 3 is 2.85 bits per heavy atom. The van der Waals surface area contributed by atoms with Crippen LogP contribution in [-0.2, 0) is 6.54 Å². The van der Waals surface area contributed by atoms with Crippen LogP contribution in [0.3, 0.4) is 0 Å². The second-order valence-corrected chi connectivity index (χ2v) is 2.33. The Bertz CT molecular complexity index is 330. The minimum atomic E-state index is -0.712. The number of hydroxylamine groups is 1. The van der Waals surface area contributed by atoms with Crippen molar-refractivity contribution in [2.75, 3.05) is 0 Å². The molecule has 6 heteroatoms. The van der Waals surface area contributed by atoms with Gasteiger partial charge in [-0.3, -0.25) is 10.1 Å². The molecule has 13 heavy (non-hydrogen) atoms. The van der Waals surface area contributed by atoms with Gasteiger partial charge in [0.1, 0.15) is 5.82 Å². The maximum atomic E-state index is 12.9. The minimum absolute atomic E-state index is 0.157. The van der Waals surface area contributed by atoms with Crippen molar-refractivity contribution in [3.63, 3.8) is 0 Å². The summed E-state index contributed by atoms with van der Waals surface area (Å²) in [6.07, 6.45) is 0. The largest absolute Gasteiger partial charge is 0.316 e. The van der Waals surface area contributed by atoms with Crippen LogP contribution in [0.25, 0.3) is 0 Å². The number of hydrogen-bond acceptors (Lipinski definition) is 4. The quantitative estimate of drug-likeness (QED) is 0.549. The van der Waals surface area contributed by atoms with E-state index in [0.717, 1.165) is 6.07 Å². The highest BCUT2D eigenvalue weighted by Crippen LogP contribution is 2.20. The Morgan fingerprint density at radius 2 is 2.31 bits per heavy atom. The number of benzene rings is 1. The van der Waals surface area contributed by atoms with E-state index in [1.54, 1.807) is 5.48 Å². The molecular formula is C7H7FN2O3. The van der Waals surface area contributed by atoms with Gasteiger partial charge in [0.05, 0.1) is 17.0 Å². The third-order valence-corrected chi connectivity index (χ3v) is 1.55. The molecule has 0 amide bonds. The number of nitro groups is 1. The van der Waals surface area contributed by atoms with Crippen molar-refractivity contribution in [3.8, 4) is 0 Å². The van der Waals surface area contributed by atoms with E-state index in [0.29, 0.717) is 0 Å². The van der Waals surface area contributed by atoms with Crippen molar-refractivity contribution in [1.29, 1.82) is 0 Å². The third-order valence-electron chi connectivity index (χ3n) is 1.55. The van der Waals surface area contributed by atoms with Crippen LogP contribution >= 0.6 is 0 Å². The van der Waals surface area contributed by atoms with Crippen LogP contribution in [0.5, 0.6) is 0 Å². The molecule has 1 aromatic rings. The summed E-state index contributed by atoms with van der Waals surface area (Å²) in [6.45, 7) is -0.289. The van der Waals surface area contributed by atoms with E-state index in [1.165, 1.54) is 12.1 Å². The Kier molecular flexibility index (Phi) is 2.88. The Hall–Kier alpha value is -1.53. The monoisotopic (exact) mass is 186 g/mol. The Labute approximate surface area is 72.9 Å². The maximum Gasteiger partial charge on any atom is 0.276 e. The topological polar surface area (TPSA) is 75.4 Å². The summed E-state index contributed by atoms with van der Waals surface area (Å²) in [4.78, 5) is 9.68. The zero-order valence-corrected chi connectivity index (χ0v) is 6.53. The molecule has 1 aromatic carbocycles. The molecule has 0 unspecified atom stereocenters. The average molecular weight is 186 g/mol. The van der Waals surface area contributed by atoms with E-state index in [4.69, 9.17) is 5.21 Å². The van der Waals surface area contributed by atoms with Crippen molar-refractivity contribution in [3.05, 3.63) is 39.7 Å². The first-order valence-corrected chi connectivity index (χ1v) is 3.45. The standard InChI is InChI=1S/C7H7FN2O3/c8-6-2-1-3-7(10(12)13)5(6)4-9-11/h1-3,9,11H,4H2. The highest BCUT2D eigenvalue weighted by molar-refractivity contribution is 5.40. The average Bonchev–Trinajstić information content (AvgIpc) is 2.08. The number of nitrogens with zero attached hydrogens (tertiary/aromatic N) is 1. The zero-order chi connectivity index (χ0) is 9.84. The molecule has 0 heterocycles. The summed E-state index contributed by atoms with van der Waals surface area (Å²) >= 11 is 0. The molecule has 0 aliphatic rings. The number of nitrogens with one attached hydrogen (secondary N) is 1. The summed E-state index contributed by atoms with van der Waals surface area (Å²) in [6, 6.07) is 3.52. The molecule has 0 aromatic heterocycles. The van der Waals surface area contributed by atoms with Gasteiger partial charge in [0, 0.05) is 6.07 Å². The first kappa shape index (κ1) is 9.56. The Balaban J connectivity index is 3.17. The molecular weight excluding hydrogens is 179 g/mol. The lowest BCUT2D eigenvalue weighted by atomic mass is 10.1. The van der Waals surface area contributed by atoms with Crippen LogP contribution in [-0.4, -0.2) is 10.1 Å². The summed E-state index contributed by atoms with van der Waals surface area (Å²) in [7, 11) is 0. The van der Waals surface area contributed by atoms with E-state index >= 15 is 0 Å². The van der Waals surface area contributed by atoms with Crippen LogP contribution in [0, 0.1) is 15.9 Å². The predicted octanol–water partition coefficient (Wildman–Crippen LogP) is 1.21. The summed E-state index contributed by atoms with van der Waals surface area (Å²) < 4.78 is 12.9. The van der Waals surface area contributed by atoms with Gasteiger partial charge < -0.3 is 5.21 Å². The molecule has 5 nitrogen and oxygen atoms in total. The van der Waals surface area contributed by atoms with Crippen molar-refractivity contribution < 1.29 is 14.5 Å². The SMILES string of the molecule is O=[N+]([O-])c1cccc(F)c1CNO. The van der Waals surface area contributed by atoms with Gasteiger partial charge >= 0.3 is 0 Å². The van der Waals surface area contributed by atoms with Gasteiger partial charge in [-0.25, -0.2) is 9.87 Å². The van der Waals surface area contributed by atoms with Gasteiger partial charge in [-0.2, -0.15) is 0 Å². The second kappa shape index (κ2) is 3.92. The molecule has 0 aliphatic heterocycles. The lowest BCUT2D eigenvalue weighted by molar-refractivity contribution is -0.385. The van der Waals surface area contributed by atoms with Gasteiger partial charge in [0.25, 0.3) is 5.69 Å². The van der Waals surface area contributed by atoms with Gasteiger partial charge in [-0.1, -0.05) is 6.07 Å². The Morgan fingerprint density at radius 1 is 1.62 bits per heavy atom. The highest BCUT2D eigenvalue weighted by atomic mass is 19.1. The molecule has 0 saturated carbocycles. The van der Waals surface area contributed by atoms with Crippen molar-refractivity contribution in [2.24, 2.45) is 0 Å². The zero-order valence-electron chi connectivity index (χ0n) is 6.53. The molecule has 0 spiro atoms. The van der Waals surface area contributed by atoms with Gasteiger partial charge in [-0.05, 0) is 6.07 Å². The molecule has 0 bridgehead atoms. The number of hydrogen-bond donors (Lipinski definition) is 2. The fraction of sp³-hybridized carbons (Fsp3) is 0.143. The van der Waals surface area contributed by atoms with E-state index in [9.17, 15) is 14.5 Å². The first-order chi connectivity index (χ1) is 6.16. The first-order valence-electron chi connectivity index (χ1n) is 3.45. The second-order valence-electron chi connectivity index (χ2n) is 2.33. The summed E-state index contributed by atoms with van der Waals surface area (Å²) in [5.41, 5.74) is 1.17. The molecule has 0 fully saturated rings. The fourth-order valence-corrected chi connectivity index (χ4v) is 0.972. The van der Waals surface area contributed by atoms with Crippen LogP contribution in [0.2, 0.25) is 0 Å². The molecule has 0 saturated heterocycles. The van der Waals surface area contributed by atoms with E-state index < -0.39 is 10.7 Å². The molecule has 0 radical (unpaired) electrons. The number of nitro benzene ring substituents is 1.